The molecule has 2 rings (SSSR count). The summed E-state index contributed by atoms with van der Waals surface area (Å²) in [5.74, 6) is 0.205. The molecule has 2 nitrogen and oxygen atoms in total. The molecule has 0 amide bonds. The molecular weight excluding hydrogens is 229 g/mol. The summed E-state index contributed by atoms with van der Waals surface area (Å²) < 4.78 is 13.7. The van der Waals surface area contributed by atoms with E-state index in [4.69, 9.17) is 0 Å². The van der Waals surface area contributed by atoms with Gasteiger partial charge in [0.2, 0.25) is 0 Å². The predicted molar refractivity (Wildman–Crippen MR) is 69.5 cm³/mol. The second kappa shape index (κ2) is 4.61. The zero-order valence-corrected chi connectivity index (χ0v) is 11.4. The lowest BCUT2D eigenvalue weighted by Gasteiger charge is -2.41. The highest BCUT2D eigenvalue weighted by Gasteiger charge is 2.39. The highest BCUT2D eigenvalue weighted by molar-refractivity contribution is 5.22. The van der Waals surface area contributed by atoms with Crippen LogP contribution in [0.15, 0.2) is 18.5 Å². The van der Waals surface area contributed by atoms with Crippen molar-refractivity contribution in [2.75, 3.05) is 0 Å². The van der Waals surface area contributed by atoms with Crippen molar-refractivity contribution in [3.05, 3.63) is 29.8 Å². The molecule has 1 aromatic rings. The molecule has 0 saturated heterocycles. The van der Waals surface area contributed by atoms with Crippen LogP contribution in [0.2, 0.25) is 0 Å². The molecule has 1 heterocycles. The van der Waals surface area contributed by atoms with Crippen LogP contribution in [-0.4, -0.2) is 10.1 Å². The highest BCUT2D eigenvalue weighted by atomic mass is 19.1. The van der Waals surface area contributed by atoms with E-state index in [0.717, 1.165) is 12.8 Å². The molecule has 0 aliphatic heterocycles. The van der Waals surface area contributed by atoms with Crippen molar-refractivity contribution < 1.29 is 9.50 Å². The topological polar surface area (TPSA) is 33.1 Å². The van der Waals surface area contributed by atoms with Gasteiger partial charge in [0.25, 0.3) is 0 Å². The van der Waals surface area contributed by atoms with E-state index in [9.17, 15) is 9.50 Å². The first-order chi connectivity index (χ1) is 8.33. The molecule has 3 heteroatoms. The Labute approximate surface area is 108 Å². The molecule has 1 aliphatic carbocycles. The SMILES string of the molecule is CC(C)(C)C1CCC(O)(c2ccncc2F)CC1. The van der Waals surface area contributed by atoms with Gasteiger partial charge in [-0.2, -0.15) is 0 Å². The largest absolute Gasteiger partial charge is 0.385 e. The van der Waals surface area contributed by atoms with Crippen molar-refractivity contribution in [1.82, 2.24) is 4.98 Å². The third-order valence-corrected chi connectivity index (χ3v) is 4.31. The van der Waals surface area contributed by atoms with Crippen LogP contribution in [0.4, 0.5) is 4.39 Å². The number of hydrogen-bond donors (Lipinski definition) is 1. The van der Waals surface area contributed by atoms with E-state index < -0.39 is 11.4 Å². The zero-order valence-electron chi connectivity index (χ0n) is 11.4. The van der Waals surface area contributed by atoms with Gasteiger partial charge in [-0.05, 0) is 43.1 Å². The summed E-state index contributed by atoms with van der Waals surface area (Å²) >= 11 is 0. The van der Waals surface area contributed by atoms with Crippen LogP contribution in [-0.2, 0) is 5.60 Å². The maximum atomic E-state index is 13.7. The standard InChI is InChI=1S/C15H22FNO/c1-14(2,3)11-4-7-15(18,8-5-11)12-6-9-17-10-13(12)16/h6,9-11,18H,4-5,7-8H2,1-3H3. The van der Waals surface area contributed by atoms with E-state index in [-0.39, 0.29) is 5.41 Å². The van der Waals surface area contributed by atoms with Crippen LogP contribution in [0.25, 0.3) is 0 Å². The summed E-state index contributed by atoms with van der Waals surface area (Å²) in [7, 11) is 0. The molecule has 1 saturated carbocycles. The minimum Gasteiger partial charge on any atom is -0.385 e. The molecule has 100 valence electrons. The van der Waals surface area contributed by atoms with E-state index in [1.54, 1.807) is 12.3 Å². The fourth-order valence-corrected chi connectivity index (χ4v) is 2.98. The van der Waals surface area contributed by atoms with E-state index in [2.05, 4.69) is 25.8 Å². The van der Waals surface area contributed by atoms with Crippen LogP contribution in [0.1, 0.15) is 52.0 Å². The Morgan fingerprint density at radius 1 is 1.33 bits per heavy atom. The average Bonchev–Trinajstić information content (AvgIpc) is 2.28. The monoisotopic (exact) mass is 251 g/mol. The number of aliphatic hydroxyl groups is 1. The van der Waals surface area contributed by atoms with Gasteiger partial charge in [-0.3, -0.25) is 4.98 Å². The van der Waals surface area contributed by atoms with Crippen LogP contribution >= 0.6 is 0 Å². The molecule has 1 aromatic heterocycles. The molecule has 0 unspecified atom stereocenters. The van der Waals surface area contributed by atoms with Crippen molar-refractivity contribution >= 4 is 0 Å². The summed E-state index contributed by atoms with van der Waals surface area (Å²) in [4.78, 5) is 3.74. The smallest absolute Gasteiger partial charge is 0.147 e. The molecule has 1 N–H and O–H groups in total. The molecule has 18 heavy (non-hydrogen) atoms. The molecule has 0 radical (unpaired) electrons. The number of hydrogen-bond acceptors (Lipinski definition) is 2. The van der Waals surface area contributed by atoms with Gasteiger partial charge in [-0.25, -0.2) is 4.39 Å². The number of rotatable bonds is 1. The number of aromatic nitrogens is 1. The predicted octanol–water partition coefficient (Wildman–Crippen LogP) is 3.64. The number of halogens is 1. The summed E-state index contributed by atoms with van der Waals surface area (Å²) in [6.07, 6.45) is 5.89. The van der Waals surface area contributed by atoms with Gasteiger partial charge in [0.05, 0.1) is 11.8 Å². The molecule has 0 atom stereocenters. The van der Waals surface area contributed by atoms with E-state index in [1.165, 1.54) is 6.20 Å². The lowest BCUT2D eigenvalue weighted by molar-refractivity contribution is -0.0323. The molecule has 0 aromatic carbocycles. The normalized spacial score (nSPS) is 29.3. The Bertz CT molecular complexity index is 417. The third kappa shape index (κ3) is 2.56. The molecule has 1 aliphatic rings. The first-order valence-corrected chi connectivity index (χ1v) is 6.65. The summed E-state index contributed by atoms with van der Waals surface area (Å²) in [5.41, 5.74) is -0.336. The van der Waals surface area contributed by atoms with Gasteiger partial charge in [0.1, 0.15) is 5.82 Å². The van der Waals surface area contributed by atoms with Gasteiger partial charge < -0.3 is 5.11 Å². The second-order valence-corrected chi connectivity index (χ2v) is 6.53. The summed E-state index contributed by atoms with van der Waals surface area (Å²) in [6.45, 7) is 6.69. The van der Waals surface area contributed by atoms with Crippen LogP contribution in [0, 0.1) is 17.2 Å². The lowest BCUT2D eigenvalue weighted by atomic mass is 9.67. The second-order valence-electron chi connectivity index (χ2n) is 6.53. The lowest BCUT2D eigenvalue weighted by Crippen LogP contribution is -2.36. The molecule has 0 spiro atoms. The van der Waals surface area contributed by atoms with Gasteiger partial charge >= 0.3 is 0 Å². The fourth-order valence-electron chi connectivity index (χ4n) is 2.98. The van der Waals surface area contributed by atoms with Crippen molar-refractivity contribution in [2.45, 2.75) is 52.1 Å². The third-order valence-electron chi connectivity index (χ3n) is 4.31. The molecule has 0 bridgehead atoms. The van der Waals surface area contributed by atoms with E-state index in [0.29, 0.717) is 24.3 Å². The minimum atomic E-state index is -1.01. The summed E-state index contributed by atoms with van der Waals surface area (Å²) in [5, 5.41) is 10.6. The maximum absolute atomic E-state index is 13.7. The first-order valence-electron chi connectivity index (χ1n) is 6.65. The molecular formula is C15H22FNO. The summed E-state index contributed by atoms with van der Waals surface area (Å²) in [6, 6.07) is 1.60. The first kappa shape index (κ1) is 13.5. The Hall–Kier alpha value is -0.960. The van der Waals surface area contributed by atoms with Crippen molar-refractivity contribution in [1.29, 1.82) is 0 Å². The Morgan fingerprint density at radius 2 is 1.94 bits per heavy atom. The van der Waals surface area contributed by atoms with Gasteiger partial charge in [-0.15, -0.1) is 0 Å². The van der Waals surface area contributed by atoms with E-state index in [1.807, 2.05) is 0 Å². The molecule has 1 fully saturated rings. The van der Waals surface area contributed by atoms with Crippen LogP contribution in [0.3, 0.4) is 0 Å². The Balaban J connectivity index is 2.15. The van der Waals surface area contributed by atoms with Gasteiger partial charge in [0.15, 0.2) is 0 Å². The van der Waals surface area contributed by atoms with E-state index >= 15 is 0 Å². The van der Waals surface area contributed by atoms with Gasteiger partial charge in [-0.1, -0.05) is 20.8 Å². The van der Waals surface area contributed by atoms with Crippen molar-refractivity contribution in [2.24, 2.45) is 11.3 Å². The van der Waals surface area contributed by atoms with Crippen LogP contribution in [0.5, 0.6) is 0 Å². The quantitative estimate of drug-likeness (QED) is 0.826. The zero-order chi connectivity index (χ0) is 13.4. The number of nitrogens with zero attached hydrogens (tertiary/aromatic N) is 1. The van der Waals surface area contributed by atoms with Gasteiger partial charge in [0, 0.05) is 11.8 Å². The maximum Gasteiger partial charge on any atom is 0.147 e. The minimum absolute atomic E-state index is 0.262. The van der Waals surface area contributed by atoms with Crippen LogP contribution < -0.4 is 0 Å². The fraction of sp³-hybridized carbons (Fsp3) is 0.667. The number of pyridine rings is 1. The Kier molecular flexibility index (Phi) is 3.45. The highest BCUT2D eigenvalue weighted by Crippen LogP contribution is 2.45. The van der Waals surface area contributed by atoms with Crippen molar-refractivity contribution in [3.63, 3.8) is 0 Å². The Morgan fingerprint density at radius 3 is 2.44 bits per heavy atom. The van der Waals surface area contributed by atoms with Crippen molar-refractivity contribution in [3.8, 4) is 0 Å². The average molecular weight is 251 g/mol.